The number of para-hydroxylation sites is 1. The third-order valence-corrected chi connectivity index (χ3v) is 3.15. The number of ether oxygens (including phenoxy) is 1. The van der Waals surface area contributed by atoms with E-state index in [0.717, 1.165) is 18.4 Å². The van der Waals surface area contributed by atoms with Crippen LogP contribution in [-0.2, 0) is 12.8 Å². The number of aromatic hydroxyl groups is 2. The Kier molecular flexibility index (Phi) is 3.95. The lowest BCUT2D eigenvalue weighted by atomic mass is 10.0. The Balaban J connectivity index is 2.44. The minimum Gasteiger partial charge on any atom is -0.504 e. The van der Waals surface area contributed by atoms with Gasteiger partial charge >= 0.3 is 0 Å². The fraction of sp³-hybridized carbons (Fsp3) is 0.250. The molecule has 3 heteroatoms. The first-order chi connectivity index (χ1) is 9.17. The third kappa shape index (κ3) is 2.65. The van der Waals surface area contributed by atoms with E-state index in [1.807, 2.05) is 12.1 Å². The summed E-state index contributed by atoms with van der Waals surface area (Å²) in [5.41, 5.74) is 2.32. The Bertz CT molecular complexity index is 556. The number of hydrogen-bond acceptors (Lipinski definition) is 3. The van der Waals surface area contributed by atoms with E-state index in [9.17, 15) is 10.2 Å². The summed E-state index contributed by atoms with van der Waals surface area (Å²) >= 11 is 0. The Labute approximate surface area is 113 Å². The van der Waals surface area contributed by atoms with Crippen molar-refractivity contribution in [2.45, 2.75) is 26.7 Å². The first kappa shape index (κ1) is 13.3. The second-order valence-corrected chi connectivity index (χ2v) is 4.33. The summed E-state index contributed by atoms with van der Waals surface area (Å²) in [4.78, 5) is 0. The van der Waals surface area contributed by atoms with Crippen LogP contribution < -0.4 is 4.74 Å². The zero-order chi connectivity index (χ0) is 13.8. The summed E-state index contributed by atoms with van der Waals surface area (Å²) in [6.45, 7) is 4.15. The van der Waals surface area contributed by atoms with Crippen molar-refractivity contribution in [2.24, 2.45) is 0 Å². The third-order valence-electron chi connectivity index (χ3n) is 3.15. The van der Waals surface area contributed by atoms with Crippen molar-refractivity contribution in [1.82, 2.24) is 0 Å². The number of phenols is 2. The van der Waals surface area contributed by atoms with Gasteiger partial charge in [-0.05, 0) is 42.2 Å². The van der Waals surface area contributed by atoms with Crippen LogP contribution in [0.15, 0.2) is 36.4 Å². The topological polar surface area (TPSA) is 49.7 Å². The normalized spacial score (nSPS) is 10.4. The lowest BCUT2D eigenvalue weighted by Crippen LogP contribution is -1.96. The molecule has 0 aliphatic heterocycles. The molecule has 2 aromatic carbocycles. The molecule has 0 aromatic heterocycles. The van der Waals surface area contributed by atoms with Gasteiger partial charge in [0.1, 0.15) is 5.75 Å². The number of aryl methyl sites for hydroxylation is 1. The highest BCUT2D eigenvalue weighted by Gasteiger charge is 2.13. The molecule has 2 N–H and O–H groups in total. The summed E-state index contributed by atoms with van der Waals surface area (Å²) in [6, 6.07) is 10.4. The van der Waals surface area contributed by atoms with Crippen molar-refractivity contribution >= 4 is 0 Å². The van der Waals surface area contributed by atoms with E-state index in [4.69, 9.17) is 4.74 Å². The minimum absolute atomic E-state index is 0.0658. The Morgan fingerprint density at radius 3 is 2.11 bits per heavy atom. The number of rotatable bonds is 4. The number of benzene rings is 2. The van der Waals surface area contributed by atoms with E-state index in [2.05, 4.69) is 19.9 Å². The maximum atomic E-state index is 9.76. The summed E-state index contributed by atoms with van der Waals surface area (Å²) in [5, 5.41) is 19.5. The molecule has 3 nitrogen and oxygen atoms in total. The molecular weight excluding hydrogens is 240 g/mol. The predicted octanol–water partition coefficient (Wildman–Crippen LogP) is 4.01. The molecule has 0 fully saturated rings. The summed E-state index contributed by atoms with van der Waals surface area (Å²) in [6.07, 6.45) is 1.76. The first-order valence-corrected chi connectivity index (χ1v) is 6.46. The lowest BCUT2D eigenvalue weighted by molar-refractivity contribution is 0.374. The van der Waals surface area contributed by atoms with E-state index in [1.165, 1.54) is 17.7 Å². The molecule has 0 radical (unpaired) electrons. The highest BCUT2D eigenvalue weighted by atomic mass is 16.5. The number of phenolic OH excluding ortho intramolecular Hbond substituents is 2. The number of hydrogen-bond donors (Lipinski definition) is 2. The molecular formula is C16H18O3. The fourth-order valence-corrected chi connectivity index (χ4v) is 2.17. The lowest BCUT2D eigenvalue weighted by Gasteiger charge is -2.14. The van der Waals surface area contributed by atoms with Gasteiger partial charge in [-0.2, -0.15) is 0 Å². The van der Waals surface area contributed by atoms with Crippen LogP contribution in [0.2, 0.25) is 0 Å². The van der Waals surface area contributed by atoms with E-state index in [0.29, 0.717) is 5.75 Å². The quantitative estimate of drug-likeness (QED) is 0.871. The monoisotopic (exact) mass is 258 g/mol. The average molecular weight is 258 g/mol. The molecule has 0 saturated carbocycles. The van der Waals surface area contributed by atoms with E-state index >= 15 is 0 Å². The molecule has 0 bridgehead atoms. The van der Waals surface area contributed by atoms with Gasteiger partial charge in [-0.25, -0.2) is 0 Å². The van der Waals surface area contributed by atoms with Crippen LogP contribution in [0.1, 0.15) is 25.0 Å². The molecule has 19 heavy (non-hydrogen) atoms. The van der Waals surface area contributed by atoms with Crippen molar-refractivity contribution in [3.63, 3.8) is 0 Å². The van der Waals surface area contributed by atoms with Crippen LogP contribution >= 0.6 is 0 Å². The Hall–Kier alpha value is -2.16. The van der Waals surface area contributed by atoms with Crippen molar-refractivity contribution in [3.8, 4) is 23.0 Å². The van der Waals surface area contributed by atoms with Gasteiger partial charge in [0.15, 0.2) is 11.5 Å². The van der Waals surface area contributed by atoms with Gasteiger partial charge in [0.05, 0.1) is 0 Å². The molecule has 0 saturated heterocycles. The zero-order valence-corrected chi connectivity index (χ0v) is 11.2. The second kappa shape index (κ2) is 5.65. The van der Waals surface area contributed by atoms with Crippen molar-refractivity contribution in [1.29, 1.82) is 0 Å². The summed E-state index contributed by atoms with van der Waals surface area (Å²) in [5.74, 6) is 0.650. The van der Waals surface area contributed by atoms with Crippen LogP contribution in [0.5, 0.6) is 23.0 Å². The Morgan fingerprint density at radius 2 is 1.53 bits per heavy atom. The van der Waals surface area contributed by atoms with Gasteiger partial charge < -0.3 is 14.9 Å². The van der Waals surface area contributed by atoms with Gasteiger partial charge in [-0.3, -0.25) is 0 Å². The molecule has 0 heterocycles. The molecule has 0 aliphatic carbocycles. The molecule has 0 spiro atoms. The highest BCUT2D eigenvalue weighted by molar-refractivity contribution is 5.53. The molecule has 0 unspecified atom stereocenters. The van der Waals surface area contributed by atoms with Gasteiger partial charge in [0.2, 0.25) is 5.75 Å². The Morgan fingerprint density at radius 1 is 0.895 bits per heavy atom. The smallest absolute Gasteiger partial charge is 0.210 e. The van der Waals surface area contributed by atoms with Crippen LogP contribution in [0, 0.1) is 0 Å². The van der Waals surface area contributed by atoms with Gasteiger partial charge in [0, 0.05) is 0 Å². The zero-order valence-electron chi connectivity index (χ0n) is 11.2. The van der Waals surface area contributed by atoms with E-state index < -0.39 is 0 Å². The van der Waals surface area contributed by atoms with Gasteiger partial charge in [-0.15, -0.1) is 0 Å². The average Bonchev–Trinajstić information content (AvgIpc) is 2.42. The van der Waals surface area contributed by atoms with Gasteiger partial charge in [0.25, 0.3) is 0 Å². The predicted molar refractivity (Wildman–Crippen MR) is 75.0 cm³/mol. The standard InChI is InChI=1S/C16H18O3/c1-3-11-7-5-10-15(12(11)4-2)19-16-13(17)8-6-9-14(16)18/h5-10,17-18H,3-4H2,1-2H3. The van der Waals surface area contributed by atoms with Crippen LogP contribution in [0.3, 0.4) is 0 Å². The van der Waals surface area contributed by atoms with Crippen molar-refractivity contribution in [2.75, 3.05) is 0 Å². The molecule has 0 aliphatic rings. The molecule has 100 valence electrons. The first-order valence-electron chi connectivity index (χ1n) is 6.46. The van der Waals surface area contributed by atoms with Crippen LogP contribution in [-0.4, -0.2) is 10.2 Å². The largest absolute Gasteiger partial charge is 0.504 e. The van der Waals surface area contributed by atoms with E-state index in [1.54, 1.807) is 6.07 Å². The van der Waals surface area contributed by atoms with E-state index in [-0.39, 0.29) is 17.2 Å². The maximum Gasteiger partial charge on any atom is 0.210 e. The molecule has 0 atom stereocenters. The van der Waals surface area contributed by atoms with Crippen molar-refractivity contribution in [3.05, 3.63) is 47.5 Å². The minimum atomic E-state index is -0.0658. The van der Waals surface area contributed by atoms with Crippen LogP contribution in [0.4, 0.5) is 0 Å². The summed E-state index contributed by atoms with van der Waals surface area (Å²) in [7, 11) is 0. The highest BCUT2D eigenvalue weighted by Crippen LogP contribution is 2.40. The van der Waals surface area contributed by atoms with Gasteiger partial charge in [-0.1, -0.05) is 32.0 Å². The molecule has 2 aromatic rings. The fourth-order valence-electron chi connectivity index (χ4n) is 2.17. The second-order valence-electron chi connectivity index (χ2n) is 4.33. The molecule has 2 rings (SSSR count). The SMILES string of the molecule is CCc1cccc(Oc2c(O)cccc2O)c1CC. The maximum absolute atomic E-state index is 9.76. The van der Waals surface area contributed by atoms with Crippen LogP contribution in [0.25, 0.3) is 0 Å². The summed E-state index contributed by atoms with van der Waals surface area (Å²) < 4.78 is 5.70. The molecule has 0 amide bonds. The van der Waals surface area contributed by atoms with Crippen molar-refractivity contribution < 1.29 is 14.9 Å².